The normalized spacial score (nSPS) is 22.7. The van der Waals surface area contributed by atoms with E-state index in [4.69, 9.17) is 0 Å². The average Bonchev–Trinajstić information content (AvgIpc) is 3.47. The van der Waals surface area contributed by atoms with Gasteiger partial charge in [0.25, 0.3) is 5.91 Å². The Morgan fingerprint density at radius 2 is 1.58 bits per heavy atom. The van der Waals surface area contributed by atoms with E-state index in [1.54, 1.807) is 17.0 Å². The van der Waals surface area contributed by atoms with Gasteiger partial charge in [0.05, 0.1) is 11.4 Å². The number of rotatable bonds is 8. The van der Waals surface area contributed by atoms with Crippen molar-refractivity contribution in [2.45, 2.75) is 82.8 Å². The maximum atomic E-state index is 14.1. The fourth-order valence-electron chi connectivity index (χ4n) is 7.43. The third kappa shape index (κ3) is 6.97. The lowest BCUT2D eigenvalue weighted by molar-refractivity contribution is -0.137. The van der Waals surface area contributed by atoms with E-state index in [2.05, 4.69) is 49.9 Å². The van der Waals surface area contributed by atoms with Crippen LogP contribution in [0.1, 0.15) is 70.9 Å². The Kier molecular flexibility index (Phi) is 9.21. The zero-order chi connectivity index (χ0) is 32.7. The molecule has 0 bridgehead atoms. The molecule has 0 saturated carbocycles. The Balaban J connectivity index is 1.29. The summed E-state index contributed by atoms with van der Waals surface area (Å²) >= 11 is 0. The second-order valence-electron chi connectivity index (χ2n) is 14.7. The van der Waals surface area contributed by atoms with Gasteiger partial charge in [-0.25, -0.2) is 13.2 Å². The number of sulfone groups is 1. The first-order valence-corrected chi connectivity index (χ1v) is 18.0. The molecule has 9 nitrogen and oxygen atoms in total. The van der Waals surface area contributed by atoms with Crippen LogP contribution in [0.3, 0.4) is 0 Å². The molecule has 3 fully saturated rings. The minimum Gasteiger partial charge on any atom is -0.342 e. The number of likely N-dealkylation sites (tertiary alicyclic amines) is 2. The zero-order valence-electron chi connectivity index (χ0n) is 27.5. The van der Waals surface area contributed by atoms with Gasteiger partial charge in [-0.05, 0) is 61.3 Å². The summed E-state index contributed by atoms with van der Waals surface area (Å²) in [5.74, 6) is 0.559. The molecule has 1 spiro atoms. The second kappa shape index (κ2) is 12.5. The van der Waals surface area contributed by atoms with Crippen LogP contribution in [-0.2, 0) is 26.0 Å². The fourth-order valence-corrected chi connectivity index (χ4v) is 8.06. The number of amides is 4. The van der Waals surface area contributed by atoms with Crippen LogP contribution in [-0.4, -0.2) is 96.4 Å². The molecule has 2 aromatic carbocycles. The predicted octanol–water partition coefficient (Wildman–Crippen LogP) is 4.78. The van der Waals surface area contributed by atoms with E-state index in [1.165, 1.54) is 22.6 Å². The number of imide groups is 1. The van der Waals surface area contributed by atoms with E-state index in [0.717, 1.165) is 25.9 Å². The van der Waals surface area contributed by atoms with Crippen molar-refractivity contribution in [1.29, 1.82) is 0 Å². The van der Waals surface area contributed by atoms with Gasteiger partial charge in [-0.3, -0.25) is 14.5 Å². The number of hydrogen-bond acceptors (Lipinski definition) is 6. The van der Waals surface area contributed by atoms with Crippen molar-refractivity contribution < 1.29 is 22.8 Å². The summed E-state index contributed by atoms with van der Waals surface area (Å²) in [5.41, 5.74) is 1.00. The molecule has 4 amide bonds. The highest BCUT2D eigenvalue weighted by atomic mass is 32.2. The number of carbonyl (C=O) groups is 3. The summed E-state index contributed by atoms with van der Waals surface area (Å²) in [5, 5.41) is 0. The summed E-state index contributed by atoms with van der Waals surface area (Å²) in [4.78, 5) is 48.8. The van der Waals surface area contributed by atoms with Crippen LogP contribution in [0.5, 0.6) is 0 Å². The van der Waals surface area contributed by atoms with E-state index in [9.17, 15) is 22.8 Å². The van der Waals surface area contributed by atoms with Crippen LogP contribution >= 0.6 is 0 Å². The fraction of sp³-hybridized carbons (Fsp3) is 0.571. The molecule has 3 aliphatic rings. The third-order valence-corrected chi connectivity index (χ3v) is 10.8. The van der Waals surface area contributed by atoms with Gasteiger partial charge < -0.3 is 14.7 Å². The van der Waals surface area contributed by atoms with Gasteiger partial charge in [0.2, 0.25) is 5.91 Å². The molecule has 0 unspecified atom stereocenters. The maximum absolute atomic E-state index is 14.1. The smallest absolute Gasteiger partial charge is 0.328 e. The Morgan fingerprint density at radius 3 is 2.13 bits per heavy atom. The Morgan fingerprint density at radius 1 is 0.956 bits per heavy atom. The lowest BCUT2D eigenvalue weighted by Crippen LogP contribution is -2.58. The maximum Gasteiger partial charge on any atom is 0.328 e. The first-order valence-electron chi connectivity index (χ1n) is 16.1. The third-order valence-electron chi connectivity index (χ3n) is 9.63. The van der Waals surface area contributed by atoms with Crippen LogP contribution < -0.4 is 0 Å². The summed E-state index contributed by atoms with van der Waals surface area (Å²) in [7, 11) is -3.34. The molecule has 2 atom stereocenters. The first-order chi connectivity index (χ1) is 21.1. The SMILES string of the molecule is CC(C)N1C(=O)N(Cc2ccc(S(C)(=O)=O)cc2)C(=O)C12CCN(C[C@H]1CN(C(=O)CC(C)(C)C)C[C@@H]1c1ccccc1)CC2. The predicted molar refractivity (Wildman–Crippen MR) is 174 cm³/mol. The monoisotopic (exact) mass is 636 g/mol. The number of hydrogen-bond donors (Lipinski definition) is 0. The van der Waals surface area contributed by atoms with Crippen molar-refractivity contribution >= 4 is 27.7 Å². The van der Waals surface area contributed by atoms with Crippen LogP contribution in [0.15, 0.2) is 59.5 Å². The summed E-state index contributed by atoms with van der Waals surface area (Å²) in [6.45, 7) is 14.0. The minimum absolute atomic E-state index is 0.0698. The Hall–Kier alpha value is -3.24. The van der Waals surface area contributed by atoms with Crippen LogP contribution in [0.2, 0.25) is 0 Å². The van der Waals surface area contributed by atoms with Crippen molar-refractivity contribution in [3.8, 4) is 0 Å². The molecule has 0 N–H and O–H groups in total. The molecule has 0 radical (unpaired) electrons. The topological polar surface area (TPSA) is 98.3 Å². The van der Waals surface area contributed by atoms with Crippen molar-refractivity contribution in [3.05, 3.63) is 65.7 Å². The van der Waals surface area contributed by atoms with Gasteiger partial charge in [0.1, 0.15) is 5.54 Å². The van der Waals surface area contributed by atoms with Crippen molar-refractivity contribution in [3.63, 3.8) is 0 Å². The number of benzene rings is 2. The molecule has 0 aromatic heterocycles. The number of piperidine rings is 1. The highest BCUT2D eigenvalue weighted by Gasteiger charge is 2.58. The zero-order valence-corrected chi connectivity index (χ0v) is 28.3. The highest BCUT2D eigenvalue weighted by Crippen LogP contribution is 2.41. The standard InChI is InChI=1S/C35H48N4O5S/c1-25(2)39-33(42)38(21-26-12-14-29(15-13-26)45(6,43)44)32(41)35(39)16-18-36(19-17-35)22-28-23-37(31(40)20-34(3,4)5)24-30(28)27-10-8-7-9-11-27/h7-15,25,28,30H,16-24H2,1-6H3/t28-,30+/m0/s1. The second-order valence-corrected chi connectivity index (χ2v) is 16.7. The van der Waals surface area contributed by atoms with E-state index in [0.29, 0.717) is 37.9 Å². The van der Waals surface area contributed by atoms with Gasteiger partial charge in [0.15, 0.2) is 9.84 Å². The molecule has 2 aromatic rings. The number of nitrogens with zero attached hydrogens (tertiary/aromatic N) is 4. The molecule has 0 aliphatic carbocycles. The molecule has 10 heteroatoms. The van der Waals surface area contributed by atoms with Crippen LogP contribution in [0.4, 0.5) is 4.79 Å². The van der Waals surface area contributed by atoms with Gasteiger partial charge in [-0.15, -0.1) is 0 Å². The first kappa shape index (κ1) is 33.1. The molecular weight excluding hydrogens is 588 g/mol. The molecule has 5 rings (SSSR count). The molecule has 3 heterocycles. The van der Waals surface area contributed by atoms with Gasteiger partial charge in [-0.1, -0.05) is 63.2 Å². The van der Waals surface area contributed by atoms with Crippen LogP contribution in [0, 0.1) is 11.3 Å². The van der Waals surface area contributed by atoms with Crippen molar-refractivity contribution in [1.82, 2.24) is 19.6 Å². The molecule has 244 valence electrons. The summed E-state index contributed by atoms with van der Waals surface area (Å²) in [6, 6.07) is 16.4. The summed E-state index contributed by atoms with van der Waals surface area (Å²) < 4.78 is 23.8. The number of carbonyl (C=O) groups excluding carboxylic acids is 3. The quantitative estimate of drug-likeness (QED) is 0.387. The largest absolute Gasteiger partial charge is 0.342 e. The van der Waals surface area contributed by atoms with Crippen LogP contribution in [0.25, 0.3) is 0 Å². The molecular formula is C35H48N4O5S. The van der Waals surface area contributed by atoms with Gasteiger partial charge >= 0.3 is 6.03 Å². The average molecular weight is 637 g/mol. The van der Waals surface area contributed by atoms with Gasteiger partial charge in [-0.2, -0.15) is 0 Å². The number of urea groups is 1. The minimum atomic E-state index is -3.34. The molecule has 3 saturated heterocycles. The highest BCUT2D eigenvalue weighted by molar-refractivity contribution is 7.90. The lowest BCUT2D eigenvalue weighted by atomic mass is 9.83. The Bertz CT molecular complexity index is 1510. The van der Waals surface area contributed by atoms with E-state index >= 15 is 0 Å². The molecule has 3 aliphatic heterocycles. The van der Waals surface area contributed by atoms with E-state index in [-0.39, 0.29) is 52.6 Å². The van der Waals surface area contributed by atoms with Crippen molar-refractivity contribution in [2.75, 3.05) is 39.0 Å². The lowest BCUT2D eigenvalue weighted by Gasteiger charge is -2.44. The van der Waals surface area contributed by atoms with E-state index in [1.807, 2.05) is 24.8 Å². The van der Waals surface area contributed by atoms with E-state index < -0.39 is 15.4 Å². The summed E-state index contributed by atoms with van der Waals surface area (Å²) in [6.07, 6.45) is 2.78. The molecule has 45 heavy (non-hydrogen) atoms. The van der Waals surface area contributed by atoms with Crippen molar-refractivity contribution in [2.24, 2.45) is 11.3 Å². The Labute approximate surface area is 268 Å². The van der Waals surface area contributed by atoms with Gasteiger partial charge in [0, 0.05) is 57.4 Å².